The molecule has 7 heteroatoms. The first-order valence-electron chi connectivity index (χ1n) is 7.81. The second-order valence-corrected chi connectivity index (χ2v) is 5.49. The summed E-state index contributed by atoms with van der Waals surface area (Å²) in [6.07, 6.45) is 5.41. The molecule has 7 nitrogen and oxygen atoms in total. The minimum absolute atomic E-state index is 0.286. The molecule has 2 aromatic rings. The summed E-state index contributed by atoms with van der Waals surface area (Å²) in [5.74, 6) is 1.57. The number of hydrogen-bond donors (Lipinski definition) is 1. The van der Waals surface area contributed by atoms with Crippen LogP contribution in [0.1, 0.15) is 23.2 Å². The quantitative estimate of drug-likeness (QED) is 0.908. The molecule has 1 fully saturated rings. The fraction of sp³-hybridized carbons (Fsp3) is 0.353. The van der Waals surface area contributed by atoms with E-state index in [9.17, 15) is 4.79 Å². The number of nitrogens with one attached hydrogen (secondary N) is 1. The third-order valence-corrected chi connectivity index (χ3v) is 3.95. The number of carbonyl (C=O) groups excluding carboxylic acids is 1. The molecule has 1 aliphatic heterocycles. The molecular formula is C17H20N4O3. The third-order valence-electron chi connectivity index (χ3n) is 3.95. The first-order chi connectivity index (χ1) is 11.7. The molecule has 126 valence electrons. The number of methoxy groups -OCH3 is 2. The maximum absolute atomic E-state index is 12.4. The fourth-order valence-electron chi connectivity index (χ4n) is 2.62. The van der Waals surface area contributed by atoms with E-state index in [1.54, 1.807) is 44.8 Å². The maximum Gasteiger partial charge on any atom is 0.258 e. The van der Waals surface area contributed by atoms with Crippen molar-refractivity contribution < 1.29 is 14.3 Å². The molecule has 3 rings (SSSR count). The Hall–Kier alpha value is -2.83. The third kappa shape index (κ3) is 3.40. The summed E-state index contributed by atoms with van der Waals surface area (Å²) >= 11 is 0. The molecule has 0 spiro atoms. The number of anilines is 2. The molecule has 24 heavy (non-hydrogen) atoms. The molecule has 1 aromatic carbocycles. The van der Waals surface area contributed by atoms with Gasteiger partial charge in [0.25, 0.3) is 5.91 Å². The Morgan fingerprint density at radius 2 is 1.83 bits per heavy atom. The van der Waals surface area contributed by atoms with Crippen molar-refractivity contribution in [3.05, 3.63) is 36.2 Å². The second kappa shape index (κ2) is 7.16. The topological polar surface area (TPSA) is 76.6 Å². The number of amides is 1. The van der Waals surface area contributed by atoms with Crippen molar-refractivity contribution >= 4 is 17.5 Å². The van der Waals surface area contributed by atoms with Crippen molar-refractivity contribution in [1.82, 2.24) is 9.97 Å². The predicted molar refractivity (Wildman–Crippen MR) is 91.0 cm³/mol. The summed E-state index contributed by atoms with van der Waals surface area (Å²) in [5.41, 5.74) is 0.961. The number of carbonyl (C=O) groups is 1. The van der Waals surface area contributed by atoms with Crippen LogP contribution in [0.5, 0.6) is 11.5 Å². The van der Waals surface area contributed by atoms with Crippen LogP contribution in [0.4, 0.5) is 11.6 Å². The predicted octanol–water partition coefficient (Wildman–Crippen LogP) is 2.35. The first kappa shape index (κ1) is 16.0. The minimum Gasteiger partial charge on any atom is -0.497 e. The molecular weight excluding hydrogens is 308 g/mol. The first-order valence-corrected chi connectivity index (χ1v) is 7.81. The van der Waals surface area contributed by atoms with Crippen LogP contribution in [0.25, 0.3) is 0 Å². The highest BCUT2D eigenvalue weighted by Crippen LogP contribution is 2.29. The molecule has 1 N–H and O–H groups in total. The van der Waals surface area contributed by atoms with Gasteiger partial charge in [0, 0.05) is 31.5 Å². The highest BCUT2D eigenvalue weighted by molar-refractivity contribution is 6.04. The summed E-state index contributed by atoms with van der Waals surface area (Å²) < 4.78 is 10.4. The fourth-order valence-corrected chi connectivity index (χ4v) is 2.62. The lowest BCUT2D eigenvalue weighted by atomic mass is 10.2. The number of nitrogens with zero attached hydrogens (tertiary/aromatic N) is 3. The number of rotatable bonds is 5. The lowest BCUT2D eigenvalue weighted by Crippen LogP contribution is -2.21. The number of aromatic nitrogens is 2. The van der Waals surface area contributed by atoms with Gasteiger partial charge < -0.3 is 19.7 Å². The normalized spacial score (nSPS) is 13.7. The molecule has 0 unspecified atom stereocenters. The molecule has 0 radical (unpaired) electrons. The van der Waals surface area contributed by atoms with Crippen LogP contribution in [0.15, 0.2) is 30.6 Å². The minimum atomic E-state index is -0.286. The van der Waals surface area contributed by atoms with Crippen LogP contribution >= 0.6 is 0 Å². The van der Waals surface area contributed by atoms with E-state index in [0.717, 1.165) is 25.9 Å². The molecule has 1 amide bonds. The van der Waals surface area contributed by atoms with E-state index in [2.05, 4.69) is 20.2 Å². The summed E-state index contributed by atoms with van der Waals surface area (Å²) in [5, 5.41) is 2.80. The van der Waals surface area contributed by atoms with E-state index in [1.165, 1.54) is 0 Å². The van der Waals surface area contributed by atoms with Crippen molar-refractivity contribution in [3.8, 4) is 11.5 Å². The van der Waals surface area contributed by atoms with Gasteiger partial charge in [-0.05, 0) is 25.0 Å². The highest BCUT2D eigenvalue weighted by Gasteiger charge is 2.16. The molecule has 0 atom stereocenters. The van der Waals surface area contributed by atoms with Gasteiger partial charge in [0.05, 0.1) is 25.5 Å². The smallest absolute Gasteiger partial charge is 0.258 e. The monoisotopic (exact) mass is 328 g/mol. The zero-order valence-corrected chi connectivity index (χ0v) is 13.8. The summed E-state index contributed by atoms with van der Waals surface area (Å²) in [6.45, 7) is 1.93. The van der Waals surface area contributed by atoms with E-state index < -0.39 is 0 Å². The van der Waals surface area contributed by atoms with E-state index in [-0.39, 0.29) is 5.91 Å². The second-order valence-electron chi connectivity index (χ2n) is 5.49. The van der Waals surface area contributed by atoms with Gasteiger partial charge in [0.2, 0.25) is 5.95 Å². The van der Waals surface area contributed by atoms with Gasteiger partial charge >= 0.3 is 0 Å². The van der Waals surface area contributed by atoms with Gasteiger partial charge in [0.1, 0.15) is 11.5 Å². The Balaban J connectivity index is 1.72. The average molecular weight is 328 g/mol. The van der Waals surface area contributed by atoms with Crippen molar-refractivity contribution in [2.45, 2.75) is 12.8 Å². The van der Waals surface area contributed by atoms with Crippen LogP contribution in [0.2, 0.25) is 0 Å². The van der Waals surface area contributed by atoms with Gasteiger partial charge in [-0.2, -0.15) is 0 Å². The van der Waals surface area contributed by atoms with Gasteiger partial charge in [-0.3, -0.25) is 4.79 Å². The molecule has 1 aromatic heterocycles. The summed E-state index contributed by atoms with van der Waals surface area (Å²) in [4.78, 5) is 23.1. The number of benzene rings is 1. The van der Waals surface area contributed by atoms with Crippen LogP contribution < -0.4 is 19.7 Å². The lowest BCUT2D eigenvalue weighted by Gasteiger charge is -2.15. The van der Waals surface area contributed by atoms with Gasteiger partial charge in [0.15, 0.2) is 0 Å². The van der Waals surface area contributed by atoms with E-state index in [1.807, 2.05) is 0 Å². The average Bonchev–Trinajstić information content (AvgIpc) is 3.16. The lowest BCUT2D eigenvalue weighted by molar-refractivity contribution is 0.102. The molecule has 0 bridgehead atoms. The van der Waals surface area contributed by atoms with Crippen LogP contribution in [-0.4, -0.2) is 43.2 Å². The van der Waals surface area contributed by atoms with Crippen LogP contribution in [-0.2, 0) is 0 Å². The SMILES string of the molecule is COc1ccc(NC(=O)c2cnc(N3CCCC3)nc2)c(OC)c1. The Kier molecular flexibility index (Phi) is 4.79. The Morgan fingerprint density at radius 3 is 2.46 bits per heavy atom. The maximum atomic E-state index is 12.4. The largest absolute Gasteiger partial charge is 0.497 e. The van der Waals surface area contributed by atoms with E-state index >= 15 is 0 Å². The van der Waals surface area contributed by atoms with Crippen LogP contribution in [0, 0.1) is 0 Å². The molecule has 1 saturated heterocycles. The Labute approximate surface area is 140 Å². The Morgan fingerprint density at radius 1 is 1.12 bits per heavy atom. The molecule has 1 aliphatic rings. The summed E-state index contributed by atoms with van der Waals surface area (Å²) in [7, 11) is 3.12. The van der Waals surface area contributed by atoms with Gasteiger partial charge in [-0.15, -0.1) is 0 Å². The molecule has 2 heterocycles. The standard InChI is InChI=1S/C17H20N4O3/c1-23-13-5-6-14(15(9-13)24-2)20-16(22)12-10-18-17(19-11-12)21-7-3-4-8-21/h5-6,9-11H,3-4,7-8H2,1-2H3,(H,20,22). The number of ether oxygens (including phenoxy) is 2. The van der Waals surface area contributed by atoms with E-state index in [0.29, 0.717) is 28.7 Å². The van der Waals surface area contributed by atoms with Crippen molar-refractivity contribution in [2.24, 2.45) is 0 Å². The van der Waals surface area contributed by atoms with E-state index in [4.69, 9.17) is 9.47 Å². The zero-order valence-electron chi connectivity index (χ0n) is 13.8. The summed E-state index contributed by atoms with van der Waals surface area (Å²) in [6, 6.07) is 5.20. The van der Waals surface area contributed by atoms with Crippen molar-refractivity contribution in [1.29, 1.82) is 0 Å². The zero-order chi connectivity index (χ0) is 16.9. The van der Waals surface area contributed by atoms with Crippen LogP contribution in [0.3, 0.4) is 0 Å². The van der Waals surface area contributed by atoms with Gasteiger partial charge in [-0.1, -0.05) is 0 Å². The Bertz CT molecular complexity index is 712. The molecule has 0 aliphatic carbocycles. The highest BCUT2D eigenvalue weighted by atomic mass is 16.5. The molecule has 0 saturated carbocycles. The number of hydrogen-bond acceptors (Lipinski definition) is 6. The van der Waals surface area contributed by atoms with Crippen molar-refractivity contribution in [3.63, 3.8) is 0 Å². The van der Waals surface area contributed by atoms with Crippen molar-refractivity contribution in [2.75, 3.05) is 37.5 Å². The van der Waals surface area contributed by atoms with Gasteiger partial charge in [-0.25, -0.2) is 9.97 Å².